The van der Waals surface area contributed by atoms with Gasteiger partial charge in [-0.3, -0.25) is 9.59 Å². The molecule has 26 heavy (non-hydrogen) atoms. The van der Waals surface area contributed by atoms with Gasteiger partial charge in [0.2, 0.25) is 11.8 Å². The van der Waals surface area contributed by atoms with Crippen LogP contribution in [0, 0.1) is 6.92 Å². The third kappa shape index (κ3) is 4.31. The number of amides is 2. The van der Waals surface area contributed by atoms with Crippen LogP contribution in [0.25, 0.3) is 11.0 Å². The first kappa shape index (κ1) is 17.8. The molecule has 4 N–H and O–H groups in total. The molecule has 2 aromatic carbocycles. The van der Waals surface area contributed by atoms with E-state index >= 15 is 0 Å². The smallest absolute Gasteiger partial charge is 0.323 e. The Morgan fingerprint density at radius 3 is 2.62 bits per heavy atom. The van der Waals surface area contributed by atoms with Crippen LogP contribution in [0.1, 0.15) is 17.5 Å². The van der Waals surface area contributed by atoms with Gasteiger partial charge in [-0.2, -0.15) is 0 Å². The lowest BCUT2D eigenvalue weighted by Crippen LogP contribution is -2.27. The number of nitrogens with one attached hydrogen (secondary N) is 4. The second kappa shape index (κ2) is 7.45. The average molecular weight is 373 g/mol. The van der Waals surface area contributed by atoms with Gasteiger partial charge < -0.3 is 20.6 Å². The highest BCUT2D eigenvalue weighted by atomic mass is 35.5. The van der Waals surface area contributed by atoms with E-state index in [-0.39, 0.29) is 18.7 Å². The number of rotatable bonds is 5. The summed E-state index contributed by atoms with van der Waals surface area (Å²) in [5, 5.41) is 5.87. The molecule has 8 heteroatoms. The maximum absolute atomic E-state index is 12.0. The van der Waals surface area contributed by atoms with Gasteiger partial charge >= 0.3 is 5.69 Å². The Kier molecular flexibility index (Phi) is 5.09. The summed E-state index contributed by atoms with van der Waals surface area (Å²) in [5.41, 5.74) is 3.33. The molecule has 0 fully saturated rings. The fourth-order valence-electron chi connectivity index (χ4n) is 2.52. The second-order valence-electron chi connectivity index (χ2n) is 5.92. The molecule has 1 heterocycles. The summed E-state index contributed by atoms with van der Waals surface area (Å²) in [4.78, 5) is 40.5. The first-order valence-corrected chi connectivity index (χ1v) is 8.32. The van der Waals surface area contributed by atoms with Crippen LogP contribution in [0.4, 0.5) is 5.69 Å². The van der Waals surface area contributed by atoms with E-state index in [1.165, 1.54) is 0 Å². The van der Waals surface area contributed by atoms with Crippen molar-refractivity contribution in [3.63, 3.8) is 0 Å². The Morgan fingerprint density at radius 1 is 1.04 bits per heavy atom. The number of carbonyl (C=O) groups excluding carboxylic acids is 2. The number of H-pyrrole nitrogens is 2. The van der Waals surface area contributed by atoms with E-state index in [9.17, 15) is 14.4 Å². The summed E-state index contributed by atoms with van der Waals surface area (Å²) in [7, 11) is 0. The van der Waals surface area contributed by atoms with Gasteiger partial charge in [0.15, 0.2) is 0 Å². The number of anilines is 1. The number of aromatic nitrogens is 2. The number of halogens is 1. The predicted octanol–water partition coefficient (Wildman–Crippen LogP) is 2.46. The minimum absolute atomic E-state index is 0.255. The van der Waals surface area contributed by atoms with Crippen LogP contribution in [0.15, 0.2) is 41.2 Å². The van der Waals surface area contributed by atoms with Crippen LogP contribution in [0.5, 0.6) is 0 Å². The average Bonchev–Trinajstić information content (AvgIpc) is 2.95. The lowest BCUT2D eigenvalue weighted by molar-refractivity contribution is -0.126. The SMILES string of the molecule is Cc1ccc(Cl)cc1NC(=O)CC(=O)NCc1ccc2[nH]c(=O)[nH]c2c1. The van der Waals surface area contributed by atoms with E-state index in [0.717, 1.165) is 11.1 Å². The van der Waals surface area contributed by atoms with Crippen molar-refractivity contribution in [2.75, 3.05) is 5.32 Å². The third-order valence-corrected chi connectivity index (χ3v) is 4.10. The number of carbonyl (C=O) groups is 2. The van der Waals surface area contributed by atoms with Gasteiger partial charge in [0.1, 0.15) is 6.42 Å². The van der Waals surface area contributed by atoms with Gasteiger partial charge in [-0.05, 0) is 42.3 Å². The topological polar surface area (TPSA) is 107 Å². The highest BCUT2D eigenvalue weighted by Crippen LogP contribution is 2.20. The molecule has 0 unspecified atom stereocenters. The van der Waals surface area contributed by atoms with Crippen molar-refractivity contribution < 1.29 is 9.59 Å². The van der Waals surface area contributed by atoms with Crippen molar-refractivity contribution in [1.82, 2.24) is 15.3 Å². The van der Waals surface area contributed by atoms with Crippen LogP contribution in [-0.2, 0) is 16.1 Å². The number of aromatic amines is 2. The molecular weight excluding hydrogens is 356 g/mol. The molecule has 0 aliphatic rings. The summed E-state index contributed by atoms with van der Waals surface area (Å²) < 4.78 is 0. The van der Waals surface area contributed by atoms with Crippen LogP contribution < -0.4 is 16.3 Å². The molecule has 3 rings (SSSR count). The van der Waals surface area contributed by atoms with Crippen LogP contribution in [0.3, 0.4) is 0 Å². The predicted molar refractivity (Wildman–Crippen MR) is 100 cm³/mol. The minimum atomic E-state index is -0.418. The van der Waals surface area contributed by atoms with Gasteiger partial charge in [-0.15, -0.1) is 0 Å². The van der Waals surface area contributed by atoms with Crippen molar-refractivity contribution in [3.8, 4) is 0 Å². The number of hydrogen-bond acceptors (Lipinski definition) is 3. The van der Waals surface area contributed by atoms with Gasteiger partial charge in [-0.1, -0.05) is 23.7 Å². The molecule has 1 aromatic heterocycles. The Bertz CT molecular complexity index is 1040. The maximum Gasteiger partial charge on any atom is 0.323 e. The minimum Gasteiger partial charge on any atom is -0.352 e. The van der Waals surface area contributed by atoms with Gasteiger partial charge in [0.05, 0.1) is 11.0 Å². The molecular formula is C18H17ClN4O3. The molecule has 0 saturated heterocycles. The third-order valence-electron chi connectivity index (χ3n) is 3.86. The summed E-state index contributed by atoms with van der Waals surface area (Å²) >= 11 is 5.91. The molecule has 0 aliphatic heterocycles. The zero-order chi connectivity index (χ0) is 18.7. The lowest BCUT2D eigenvalue weighted by atomic mass is 10.2. The first-order valence-electron chi connectivity index (χ1n) is 7.94. The maximum atomic E-state index is 12.0. The second-order valence-corrected chi connectivity index (χ2v) is 6.36. The Hall–Kier alpha value is -3.06. The molecule has 0 saturated carbocycles. The lowest BCUT2D eigenvalue weighted by Gasteiger charge is -2.09. The van der Waals surface area contributed by atoms with Crippen molar-refractivity contribution >= 4 is 40.1 Å². The summed E-state index contributed by atoms with van der Waals surface area (Å²) in [6, 6.07) is 10.5. The van der Waals surface area contributed by atoms with Crippen molar-refractivity contribution in [3.05, 3.63) is 63.0 Å². The van der Waals surface area contributed by atoms with Crippen molar-refractivity contribution in [2.45, 2.75) is 19.9 Å². The standard InChI is InChI=1S/C18H17ClN4O3/c1-10-2-4-12(19)7-14(10)21-17(25)8-16(24)20-9-11-3-5-13-15(6-11)23-18(26)22-13/h2-7H,8-9H2,1H3,(H,20,24)(H,21,25)(H2,22,23,26). The molecule has 2 amide bonds. The van der Waals surface area contributed by atoms with E-state index in [1.54, 1.807) is 36.4 Å². The quantitative estimate of drug-likeness (QED) is 0.517. The first-order chi connectivity index (χ1) is 12.4. The van der Waals surface area contributed by atoms with Crippen LogP contribution >= 0.6 is 11.6 Å². The van der Waals surface area contributed by atoms with Gasteiger partial charge in [0, 0.05) is 17.3 Å². The molecule has 0 atom stereocenters. The molecule has 0 aliphatic carbocycles. The fraction of sp³-hybridized carbons (Fsp3) is 0.167. The molecule has 7 nitrogen and oxygen atoms in total. The summed E-state index contributed by atoms with van der Waals surface area (Å²) in [5.74, 6) is -0.817. The van der Waals surface area contributed by atoms with E-state index in [4.69, 9.17) is 11.6 Å². The molecule has 134 valence electrons. The molecule has 0 bridgehead atoms. The number of aryl methyl sites for hydroxylation is 1. The highest BCUT2D eigenvalue weighted by molar-refractivity contribution is 6.31. The van der Waals surface area contributed by atoms with Gasteiger partial charge in [-0.25, -0.2) is 4.79 Å². The Labute approximate surface area is 153 Å². The highest BCUT2D eigenvalue weighted by Gasteiger charge is 2.11. The molecule has 3 aromatic rings. The van der Waals surface area contributed by atoms with Crippen LogP contribution in [0.2, 0.25) is 5.02 Å². The van der Waals surface area contributed by atoms with E-state index in [0.29, 0.717) is 21.7 Å². The fourth-order valence-corrected chi connectivity index (χ4v) is 2.69. The number of hydrogen-bond donors (Lipinski definition) is 4. The normalized spacial score (nSPS) is 10.7. The number of benzene rings is 2. The molecule has 0 spiro atoms. The number of fused-ring (bicyclic) bond motifs is 1. The van der Waals surface area contributed by atoms with E-state index in [1.807, 2.05) is 6.92 Å². The zero-order valence-corrected chi connectivity index (χ0v) is 14.7. The Morgan fingerprint density at radius 2 is 1.81 bits per heavy atom. The Balaban J connectivity index is 1.55. The van der Waals surface area contributed by atoms with Gasteiger partial charge in [0.25, 0.3) is 0 Å². The summed E-state index contributed by atoms with van der Waals surface area (Å²) in [6.07, 6.45) is -0.296. The summed E-state index contributed by atoms with van der Waals surface area (Å²) in [6.45, 7) is 2.10. The monoisotopic (exact) mass is 372 g/mol. The molecule has 0 radical (unpaired) electrons. The van der Waals surface area contributed by atoms with Crippen LogP contribution in [-0.4, -0.2) is 21.8 Å². The number of imidazole rings is 1. The zero-order valence-electron chi connectivity index (χ0n) is 14.0. The van der Waals surface area contributed by atoms with E-state index < -0.39 is 11.8 Å². The van der Waals surface area contributed by atoms with Crippen molar-refractivity contribution in [2.24, 2.45) is 0 Å². The van der Waals surface area contributed by atoms with E-state index in [2.05, 4.69) is 20.6 Å². The van der Waals surface area contributed by atoms with Crippen molar-refractivity contribution in [1.29, 1.82) is 0 Å². The largest absolute Gasteiger partial charge is 0.352 e.